The van der Waals surface area contributed by atoms with E-state index < -0.39 is 23.2 Å². The summed E-state index contributed by atoms with van der Waals surface area (Å²) in [5.74, 6) is -1.98. The zero-order valence-corrected chi connectivity index (χ0v) is 13.0. The molecule has 114 valence electrons. The fourth-order valence-corrected chi connectivity index (χ4v) is 2.98. The van der Waals surface area contributed by atoms with Crippen LogP contribution < -0.4 is 0 Å². The van der Waals surface area contributed by atoms with Gasteiger partial charge in [-0.05, 0) is 31.4 Å². The average Bonchev–Trinajstić information content (AvgIpc) is 2.98. The second kappa shape index (κ2) is 5.47. The Morgan fingerprint density at radius 1 is 1.33 bits per heavy atom. The van der Waals surface area contributed by atoms with Gasteiger partial charge in [-0.25, -0.2) is 0 Å². The summed E-state index contributed by atoms with van der Waals surface area (Å²) in [5, 5.41) is 9.21. The number of aliphatic carboxylic acids is 1. The molecule has 0 radical (unpaired) electrons. The second-order valence-electron chi connectivity index (χ2n) is 6.24. The van der Waals surface area contributed by atoms with Crippen LogP contribution in [0.4, 0.5) is 0 Å². The molecule has 0 aliphatic heterocycles. The molecule has 5 nitrogen and oxygen atoms in total. The van der Waals surface area contributed by atoms with Crippen LogP contribution in [-0.4, -0.2) is 33.4 Å². The minimum absolute atomic E-state index is 0.0850. The molecule has 1 aromatic rings. The Morgan fingerprint density at radius 3 is 2.48 bits per heavy atom. The van der Waals surface area contributed by atoms with Crippen LogP contribution in [-0.2, 0) is 16.1 Å². The molecule has 2 rings (SSSR count). The van der Waals surface area contributed by atoms with Gasteiger partial charge < -0.3 is 10.0 Å². The van der Waals surface area contributed by atoms with Crippen molar-refractivity contribution in [1.29, 1.82) is 0 Å². The maximum Gasteiger partial charge on any atom is 0.307 e. The van der Waals surface area contributed by atoms with Crippen LogP contribution in [0.3, 0.4) is 0 Å². The van der Waals surface area contributed by atoms with Crippen LogP contribution in [0.15, 0.2) is 18.2 Å². The third-order valence-corrected chi connectivity index (χ3v) is 4.35. The number of carbonyl (C=O) groups excluding carboxylic acids is 1. The van der Waals surface area contributed by atoms with Crippen molar-refractivity contribution in [3.63, 3.8) is 0 Å². The third kappa shape index (κ3) is 2.91. The summed E-state index contributed by atoms with van der Waals surface area (Å²) in [7, 11) is 0. The molecule has 1 aliphatic rings. The Labute approximate surface area is 125 Å². The van der Waals surface area contributed by atoms with Crippen molar-refractivity contribution in [2.45, 2.75) is 34.2 Å². The molecule has 1 aromatic heterocycles. The molecule has 1 heterocycles. The van der Waals surface area contributed by atoms with Gasteiger partial charge in [0.05, 0.1) is 24.1 Å². The van der Waals surface area contributed by atoms with E-state index in [2.05, 4.69) is 4.98 Å². The van der Waals surface area contributed by atoms with E-state index in [9.17, 15) is 14.7 Å². The van der Waals surface area contributed by atoms with Gasteiger partial charge in [0, 0.05) is 12.2 Å². The van der Waals surface area contributed by atoms with Crippen molar-refractivity contribution >= 4 is 11.9 Å². The minimum atomic E-state index is -0.886. The van der Waals surface area contributed by atoms with Gasteiger partial charge in [-0.2, -0.15) is 0 Å². The van der Waals surface area contributed by atoms with E-state index in [4.69, 9.17) is 0 Å². The van der Waals surface area contributed by atoms with Gasteiger partial charge >= 0.3 is 5.97 Å². The van der Waals surface area contributed by atoms with Gasteiger partial charge in [0.2, 0.25) is 5.91 Å². The predicted molar refractivity (Wildman–Crippen MR) is 78.5 cm³/mol. The number of aryl methyl sites for hydroxylation is 1. The molecule has 1 N–H and O–H groups in total. The highest BCUT2D eigenvalue weighted by molar-refractivity contribution is 5.91. The lowest BCUT2D eigenvalue weighted by atomic mass is 10.1. The molecule has 0 bridgehead atoms. The maximum absolute atomic E-state index is 12.6. The van der Waals surface area contributed by atoms with E-state index in [0.717, 1.165) is 11.4 Å². The fourth-order valence-electron chi connectivity index (χ4n) is 2.98. The van der Waals surface area contributed by atoms with E-state index in [-0.39, 0.29) is 5.91 Å². The quantitative estimate of drug-likeness (QED) is 0.901. The largest absolute Gasteiger partial charge is 0.481 e. The maximum atomic E-state index is 12.6. The van der Waals surface area contributed by atoms with E-state index in [1.165, 1.54) is 0 Å². The number of hydrogen-bond donors (Lipinski definition) is 1. The highest BCUT2D eigenvalue weighted by Crippen LogP contribution is 2.59. The average molecular weight is 290 g/mol. The van der Waals surface area contributed by atoms with Gasteiger partial charge in [0.1, 0.15) is 0 Å². The normalized spacial score (nSPS) is 22.7. The highest BCUT2D eigenvalue weighted by atomic mass is 16.4. The van der Waals surface area contributed by atoms with E-state index in [0.29, 0.717) is 13.1 Å². The van der Waals surface area contributed by atoms with Gasteiger partial charge in [0.25, 0.3) is 0 Å². The molecule has 0 saturated heterocycles. The summed E-state index contributed by atoms with van der Waals surface area (Å²) in [6.07, 6.45) is 0. The zero-order valence-electron chi connectivity index (χ0n) is 13.0. The minimum Gasteiger partial charge on any atom is -0.481 e. The van der Waals surface area contributed by atoms with Gasteiger partial charge in [-0.15, -0.1) is 0 Å². The molecule has 1 saturated carbocycles. The van der Waals surface area contributed by atoms with Crippen molar-refractivity contribution in [3.05, 3.63) is 29.6 Å². The third-order valence-electron chi connectivity index (χ3n) is 4.35. The molecule has 1 amide bonds. The number of carboxylic acid groups (broad SMARTS) is 1. The molecule has 2 atom stereocenters. The first kappa shape index (κ1) is 15.5. The Kier molecular flexibility index (Phi) is 4.03. The van der Waals surface area contributed by atoms with Crippen LogP contribution in [0.5, 0.6) is 0 Å². The summed E-state index contributed by atoms with van der Waals surface area (Å²) in [6, 6.07) is 5.71. The zero-order chi connectivity index (χ0) is 15.8. The first-order valence-electron chi connectivity index (χ1n) is 7.23. The lowest BCUT2D eigenvalue weighted by molar-refractivity contribution is -0.142. The summed E-state index contributed by atoms with van der Waals surface area (Å²) in [5.41, 5.74) is 1.28. The number of hydrogen-bond acceptors (Lipinski definition) is 3. The molecule has 1 aliphatic carbocycles. The van der Waals surface area contributed by atoms with Crippen molar-refractivity contribution in [1.82, 2.24) is 9.88 Å². The van der Waals surface area contributed by atoms with E-state index >= 15 is 0 Å². The van der Waals surface area contributed by atoms with Crippen molar-refractivity contribution in [3.8, 4) is 0 Å². The SMILES string of the molecule is CCN(Cc1cccc(C)n1)C(=O)C1C(C(=O)O)C1(C)C. The number of aromatic nitrogens is 1. The van der Waals surface area contributed by atoms with E-state index in [1.807, 2.05) is 45.9 Å². The van der Waals surface area contributed by atoms with Crippen molar-refractivity contribution in [2.75, 3.05) is 6.54 Å². The van der Waals surface area contributed by atoms with Crippen LogP contribution >= 0.6 is 0 Å². The smallest absolute Gasteiger partial charge is 0.307 e. The van der Waals surface area contributed by atoms with Crippen molar-refractivity contribution in [2.24, 2.45) is 17.3 Å². The van der Waals surface area contributed by atoms with Crippen LogP contribution in [0.25, 0.3) is 0 Å². The lowest BCUT2D eigenvalue weighted by Crippen LogP contribution is -2.33. The van der Waals surface area contributed by atoms with Gasteiger partial charge in [0.15, 0.2) is 0 Å². The topological polar surface area (TPSA) is 70.5 Å². The van der Waals surface area contributed by atoms with Gasteiger partial charge in [-0.1, -0.05) is 19.9 Å². The van der Waals surface area contributed by atoms with Crippen LogP contribution in [0.1, 0.15) is 32.2 Å². The van der Waals surface area contributed by atoms with Crippen LogP contribution in [0, 0.1) is 24.2 Å². The predicted octanol–water partition coefficient (Wildman–Crippen LogP) is 2.10. The number of nitrogens with zero attached hydrogens (tertiary/aromatic N) is 2. The Hall–Kier alpha value is -1.91. The number of rotatable bonds is 5. The first-order chi connectivity index (χ1) is 9.78. The fraction of sp³-hybridized carbons (Fsp3) is 0.562. The molecule has 0 aromatic carbocycles. The second-order valence-corrected chi connectivity index (χ2v) is 6.24. The Morgan fingerprint density at radius 2 is 2.00 bits per heavy atom. The molecular weight excluding hydrogens is 268 g/mol. The monoisotopic (exact) mass is 290 g/mol. The number of carboxylic acids is 1. The first-order valence-corrected chi connectivity index (χ1v) is 7.23. The van der Waals surface area contributed by atoms with Crippen LogP contribution in [0.2, 0.25) is 0 Å². The molecule has 21 heavy (non-hydrogen) atoms. The summed E-state index contributed by atoms with van der Waals surface area (Å²) in [4.78, 5) is 29.9. The summed E-state index contributed by atoms with van der Waals surface area (Å²) < 4.78 is 0. The summed E-state index contributed by atoms with van der Waals surface area (Å²) in [6.45, 7) is 8.47. The van der Waals surface area contributed by atoms with Crippen molar-refractivity contribution < 1.29 is 14.7 Å². The molecular formula is C16H22N2O3. The van der Waals surface area contributed by atoms with E-state index in [1.54, 1.807) is 4.90 Å². The summed E-state index contributed by atoms with van der Waals surface area (Å²) >= 11 is 0. The Bertz CT molecular complexity index is 568. The lowest BCUT2D eigenvalue weighted by Gasteiger charge is -2.21. The highest BCUT2D eigenvalue weighted by Gasteiger charge is 2.66. The number of pyridine rings is 1. The molecule has 1 fully saturated rings. The Balaban J connectivity index is 2.12. The molecule has 0 spiro atoms. The van der Waals surface area contributed by atoms with Gasteiger partial charge in [-0.3, -0.25) is 14.6 Å². The molecule has 5 heteroatoms. The standard InChI is InChI=1S/C16H22N2O3/c1-5-18(9-11-8-6-7-10(2)17-11)14(19)12-13(15(20)21)16(12,3)4/h6-8,12-13H,5,9H2,1-4H3,(H,20,21). The number of carbonyl (C=O) groups is 2. The number of amides is 1. The molecule has 2 unspecified atom stereocenters.